The Labute approximate surface area is 241 Å². The molecule has 2 aromatic carbocycles. The minimum Gasteiger partial charge on any atom is -0.459 e. The zero-order valence-corrected chi connectivity index (χ0v) is 23.9. The molecule has 0 aliphatic carbocycles. The van der Waals surface area contributed by atoms with Crippen molar-refractivity contribution in [1.29, 1.82) is 0 Å². The van der Waals surface area contributed by atoms with Crippen LogP contribution in [0.5, 0.6) is 0 Å². The van der Waals surface area contributed by atoms with E-state index in [9.17, 15) is 22.8 Å². The van der Waals surface area contributed by atoms with Crippen LogP contribution in [0.2, 0.25) is 0 Å². The van der Waals surface area contributed by atoms with Gasteiger partial charge in [0.15, 0.2) is 0 Å². The third-order valence-electron chi connectivity index (χ3n) is 7.09. The molecule has 220 valence electrons. The lowest BCUT2D eigenvalue weighted by atomic mass is 9.95. The number of likely N-dealkylation sites (tertiary alicyclic amines) is 1. The fraction of sp³-hybridized carbons (Fsp3) is 0.344. The van der Waals surface area contributed by atoms with Crippen LogP contribution in [0, 0.1) is 12.9 Å². The third-order valence-corrected chi connectivity index (χ3v) is 7.09. The standard InChI is InChI=1S/C32H32F3N3O4/c1-19-13-27(33)36-18-26(19)25-16-22(14-23-15-24(41-28(23)25)17-37-30(40)42-31(2,3)4)20-5-7-21(8-6-20)29(39)38-11-9-32(34,35)10-12-38/h5-8,13-16,18H,9-12,17H2,1-4H3,(H,37,40). The normalized spacial score (nSPS) is 15.1. The number of nitrogens with zero attached hydrogens (tertiary/aromatic N) is 2. The largest absolute Gasteiger partial charge is 0.459 e. The van der Waals surface area contributed by atoms with Gasteiger partial charge in [-0.1, -0.05) is 12.1 Å². The first-order chi connectivity index (χ1) is 19.8. The smallest absolute Gasteiger partial charge is 0.408 e. The van der Waals surface area contributed by atoms with Crippen LogP contribution >= 0.6 is 0 Å². The van der Waals surface area contributed by atoms with E-state index in [1.807, 2.05) is 18.2 Å². The van der Waals surface area contributed by atoms with Gasteiger partial charge in [-0.25, -0.2) is 18.6 Å². The third kappa shape index (κ3) is 6.58. The summed E-state index contributed by atoms with van der Waals surface area (Å²) in [6.07, 6.45) is 0.207. The van der Waals surface area contributed by atoms with Crippen molar-refractivity contribution in [1.82, 2.24) is 15.2 Å². The molecule has 1 aliphatic heterocycles. The minimum absolute atomic E-state index is 0.0181. The molecular weight excluding hydrogens is 547 g/mol. The monoisotopic (exact) mass is 579 g/mol. The van der Waals surface area contributed by atoms with Crippen molar-refractivity contribution in [2.24, 2.45) is 0 Å². The molecule has 10 heteroatoms. The summed E-state index contributed by atoms with van der Waals surface area (Å²) in [4.78, 5) is 30.4. The highest BCUT2D eigenvalue weighted by Crippen LogP contribution is 2.37. The molecular formula is C32H32F3N3O4. The first-order valence-electron chi connectivity index (χ1n) is 13.7. The number of carbonyl (C=O) groups is 2. The molecule has 0 unspecified atom stereocenters. The first-order valence-corrected chi connectivity index (χ1v) is 13.7. The molecule has 1 aliphatic rings. The van der Waals surface area contributed by atoms with Gasteiger partial charge >= 0.3 is 6.09 Å². The number of halogens is 3. The van der Waals surface area contributed by atoms with Gasteiger partial charge in [0.2, 0.25) is 5.95 Å². The van der Waals surface area contributed by atoms with Gasteiger partial charge in [0.05, 0.1) is 6.54 Å². The van der Waals surface area contributed by atoms with Crippen LogP contribution in [0.15, 0.2) is 59.1 Å². The number of ether oxygens (including phenoxy) is 1. The lowest BCUT2D eigenvalue weighted by Crippen LogP contribution is -2.42. The van der Waals surface area contributed by atoms with E-state index in [4.69, 9.17) is 9.15 Å². The van der Waals surface area contributed by atoms with Gasteiger partial charge in [-0.3, -0.25) is 4.79 Å². The van der Waals surface area contributed by atoms with Crippen LogP contribution < -0.4 is 5.32 Å². The molecule has 1 N–H and O–H groups in total. The molecule has 4 aromatic rings. The van der Waals surface area contributed by atoms with Crippen LogP contribution in [0.1, 0.15) is 55.3 Å². The Morgan fingerprint density at radius 2 is 1.71 bits per heavy atom. The van der Waals surface area contributed by atoms with Crippen molar-refractivity contribution in [2.75, 3.05) is 13.1 Å². The Bertz CT molecular complexity index is 1630. The zero-order valence-electron chi connectivity index (χ0n) is 23.9. The number of rotatable bonds is 5. The van der Waals surface area contributed by atoms with Crippen LogP contribution in [-0.2, 0) is 11.3 Å². The number of amides is 2. The molecule has 1 saturated heterocycles. The molecule has 2 amide bonds. The molecule has 7 nitrogen and oxygen atoms in total. The van der Waals surface area contributed by atoms with Crippen LogP contribution in [-0.4, -0.2) is 46.5 Å². The average molecular weight is 580 g/mol. The van der Waals surface area contributed by atoms with Gasteiger partial charge in [0.1, 0.15) is 16.9 Å². The molecule has 0 atom stereocenters. The lowest BCUT2D eigenvalue weighted by Gasteiger charge is -2.31. The Morgan fingerprint density at radius 1 is 1.02 bits per heavy atom. The van der Waals surface area contributed by atoms with Gasteiger partial charge in [-0.15, -0.1) is 0 Å². The second-order valence-electron chi connectivity index (χ2n) is 11.6. The fourth-order valence-electron chi connectivity index (χ4n) is 4.96. The van der Waals surface area contributed by atoms with Gasteiger partial charge in [-0.2, -0.15) is 4.39 Å². The summed E-state index contributed by atoms with van der Waals surface area (Å²) in [5.41, 5.74) is 3.97. The molecule has 1 fully saturated rings. The average Bonchev–Trinajstić information content (AvgIpc) is 3.34. The minimum atomic E-state index is -2.73. The number of benzene rings is 2. The summed E-state index contributed by atoms with van der Waals surface area (Å²) >= 11 is 0. The number of fused-ring (bicyclic) bond motifs is 1. The number of nitrogens with one attached hydrogen (secondary N) is 1. The van der Waals surface area contributed by atoms with Crippen molar-refractivity contribution < 1.29 is 31.9 Å². The van der Waals surface area contributed by atoms with E-state index in [0.29, 0.717) is 33.6 Å². The molecule has 0 radical (unpaired) electrons. The first kappa shape index (κ1) is 29.2. The summed E-state index contributed by atoms with van der Waals surface area (Å²) in [7, 11) is 0. The van der Waals surface area contributed by atoms with E-state index in [1.165, 1.54) is 17.2 Å². The van der Waals surface area contributed by atoms with Crippen molar-refractivity contribution in [3.8, 4) is 22.3 Å². The number of hydrogen-bond acceptors (Lipinski definition) is 5. The number of carbonyl (C=O) groups excluding carboxylic acids is 2. The quantitative estimate of drug-likeness (QED) is 0.248. The maximum absolute atomic E-state index is 13.8. The second-order valence-corrected chi connectivity index (χ2v) is 11.6. The van der Waals surface area contributed by atoms with Gasteiger partial charge in [0.25, 0.3) is 11.8 Å². The number of pyridine rings is 1. The fourth-order valence-corrected chi connectivity index (χ4v) is 4.96. The summed E-state index contributed by atoms with van der Waals surface area (Å²) in [5, 5.41) is 3.45. The molecule has 3 heterocycles. The molecule has 2 aromatic heterocycles. The van der Waals surface area contributed by atoms with Crippen molar-refractivity contribution in [3.63, 3.8) is 0 Å². The second kappa shape index (κ2) is 11.2. The lowest BCUT2D eigenvalue weighted by molar-refractivity contribution is -0.0494. The molecule has 0 saturated carbocycles. The van der Waals surface area contributed by atoms with Crippen molar-refractivity contribution >= 4 is 23.0 Å². The van der Waals surface area contributed by atoms with E-state index in [2.05, 4.69) is 10.3 Å². The Hall–Kier alpha value is -4.34. The Balaban J connectivity index is 1.46. The zero-order chi connectivity index (χ0) is 30.2. The molecule has 0 bridgehead atoms. The number of furan rings is 1. The number of alkyl halides is 2. The molecule has 0 spiro atoms. The van der Waals surface area contributed by atoms with Crippen LogP contribution in [0.4, 0.5) is 18.0 Å². The molecule has 42 heavy (non-hydrogen) atoms. The number of alkyl carbamates (subject to hydrolysis) is 1. The number of aryl methyl sites for hydroxylation is 1. The van der Waals surface area contributed by atoms with Crippen LogP contribution in [0.3, 0.4) is 0 Å². The predicted molar refractivity (Wildman–Crippen MR) is 153 cm³/mol. The van der Waals surface area contributed by atoms with Gasteiger partial charge in [-0.05, 0) is 80.8 Å². The van der Waals surface area contributed by atoms with E-state index in [-0.39, 0.29) is 38.4 Å². The van der Waals surface area contributed by atoms with E-state index in [1.54, 1.807) is 52.0 Å². The maximum atomic E-state index is 13.8. The van der Waals surface area contributed by atoms with Crippen molar-refractivity contribution in [2.45, 2.75) is 58.6 Å². The Morgan fingerprint density at radius 3 is 2.36 bits per heavy atom. The SMILES string of the molecule is Cc1cc(F)ncc1-c1cc(-c2ccc(C(=O)N3CCC(F)(F)CC3)cc2)cc2cc(CNC(=O)OC(C)(C)C)oc12. The van der Waals surface area contributed by atoms with E-state index in [0.717, 1.165) is 16.5 Å². The molecule has 5 rings (SSSR count). The highest BCUT2D eigenvalue weighted by atomic mass is 19.3. The van der Waals surface area contributed by atoms with Crippen molar-refractivity contribution in [3.05, 3.63) is 77.6 Å². The van der Waals surface area contributed by atoms with Gasteiger partial charge < -0.3 is 19.4 Å². The summed E-state index contributed by atoms with van der Waals surface area (Å²) in [5.74, 6) is -3.11. The Kier molecular flexibility index (Phi) is 7.74. The summed E-state index contributed by atoms with van der Waals surface area (Å²) < 4.78 is 52.4. The van der Waals surface area contributed by atoms with Crippen LogP contribution in [0.25, 0.3) is 33.2 Å². The van der Waals surface area contributed by atoms with Gasteiger partial charge in [0, 0.05) is 54.2 Å². The summed E-state index contributed by atoms with van der Waals surface area (Å²) in [6, 6.07) is 14.0. The number of piperidine rings is 1. The topological polar surface area (TPSA) is 84.7 Å². The maximum Gasteiger partial charge on any atom is 0.408 e. The highest BCUT2D eigenvalue weighted by molar-refractivity contribution is 5.98. The van der Waals surface area contributed by atoms with E-state index >= 15 is 0 Å². The highest BCUT2D eigenvalue weighted by Gasteiger charge is 2.35. The summed E-state index contributed by atoms with van der Waals surface area (Å²) in [6.45, 7) is 7.24. The number of hydrogen-bond donors (Lipinski definition) is 1. The number of aromatic nitrogens is 1. The van der Waals surface area contributed by atoms with E-state index < -0.39 is 23.6 Å². The predicted octanol–water partition coefficient (Wildman–Crippen LogP) is 7.51.